The highest BCUT2D eigenvalue weighted by Gasteiger charge is 2.09. The first-order valence-corrected chi connectivity index (χ1v) is 6.30. The first-order valence-electron chi connectivity index (χ1n) is 4.71. The van der Waals surface area contributed by atoms with Crippen LogP contribution in [0, 0.1) is 0 Å². The summed E-state index contributed by atoms with van der Waals surface area (Å²) in [4.78, 5) is 0. The van der Waals surface area contributed by atoms with E-state index in [1.165, 1.54) is 5.56 Å². The van der Waals surface area contributed by atoms with E-state index in [2.05, 4.69) is 76.1 Å². The molecule has 1 unspecified atom stereocenters. The van der Waals surface area contributed by atoms with Gasteiger partial charge in [0.25, 0.3) is 0 Å². The fraction of sp³-hybridized carbons (Fsp3) is 0.455. The van der Waals surface area contributed by atoms with Crippen molar-refractivity contribution in [3.8, 4) is 0 Å². The third-order valence-corrected chi connectivity index (χ3v) is 3.19. The first-order chi connectivity index (χ1) is 6.50. The third kappa shape index (κ3) is 3.37. The highest BCUT2D eigenvalue weighted by Crippen LogP contribution is 2.26. The number of benzene rings is 1. The zero-order valence-corrected chi connectivity index (χ0v) is 11.8. The average Bonchev–Trinajstić information content (AvgIpc) is 2.01. The summed E-state index contributed by atoms with van der Waals surface area (Å²) in [6.07, 6.45) is 0. The van der Waals surface area contributed by atoms with Crippen LogP contribution in [0.15, 0.2) is 27.1 Å². The normalized spacial score (nSPS) is 13.3. The molecule has 0 saturated carbocycles. The lowest BCUT2D eigenvalue weighted by atomic mass is 10.1. The molecule has 3 heteroatoms. The van der Waals surface area contributed by atoms with E-state index < -0.39 is 0 Å². The molecule has 78 valence electrons. The molecule has 0 saturated heterocycles. The van der Waals surface area contributed by atoms with Crippen LogP contribution in [-0.4, -0.2) is 6.04 Å². The molecule has 0 aliphatic carbocycles. The van der Waals surface area contributed by atoms with Crippen molar-refractivity contribution in [1.29, 1.82) is 0 Å². The molecule has 1 aromatic rings. The number of hydrogen-bond donors (Lipinski definition) is 1. The van der Waals surface area contributed by atoms with E-state index in [0.717, 1.165) is 8.95 Å². The summed E-state index contributed by atoms with van der Waals surface area (Å²) in [5.74, 6) is 0. The highest BCUT2D eigenvalue weighted by molar-refractivity contribution is 9.11. The van der Waals surface area contributed by atoms with Gasteiger partial charge in [-0.3, -0.25) is 0 Å². The van der Waals surface area contributed by atoms with Crippen LogP contribution >= 0.6 is 31.9 Å². The standard InChI is InChI=1S/C11H15Br2N/c1-7(2)14-8(3)10-5-4-9(12)6-11(10)13/h4-8,14H,1-3H3. The van der Waals surface area contributed by atoms with Crippen LogP contribution in [0.25, 0.3) is 0 Å². The Kier molecular flexibility index (Phi) is 4.61. The van der Waals surface area contributed by atoms with Crippen LogP contribution in [0.5, 0.6) is 0 Å². The van der Waals surface area contributed by atoms with Gasteiger partial charge in [-0.2, -0.15) is 0 Å². The Morgan fingerprint density at radius 2 is 1.79 bits per heavy atom. The fourth-order valence-electron chi connectivity index (χ4n) is 1.44. The van der Waals surface area contributed by atoms with Crippen molar-refractivity contribution in [3.63, 3.8) is 0 Å². The van der Waals surface area contributed by atoms with Crippen LogP contribution in [-0.2, 0) is 0 Å². The number of nitrogens with one attached hydrogen (secondary N) is 1. The van der Waals surface area contributed by atoms with Gasteiger partial charge in [-0.15, -0.1) is 0 Å². The summed E-state index contributed by atoms with van der Waals surface area (Å²) in [7, 11) is 0. The Morgan fingerprint density at radius 1 is 1.14 bits per heavy atom. The van der Waals surface area contributed by atoms with Gasteiger partial charge in [0, 0.05) is 21.0 Å². The highest BCUT2D eigenvalue weighted by atomic mass is 79.9. The summed E-state index contributed by atoms with van der Waals surface area (Å²) >= 11 is 7.01. The van der Waals surface area contributed by atoms with Gasteiger partial charge in [-0.1, -0.05) is 51.8 Å². The molecule has 0 spiro atoms. The summed E-state index contributed by atoms with van der Waals surface area (Å²) in [5, 5.41) is 3.47. The van der Waals surface area contributed by atoms with Crippen LogP contribution in [0.4, 0.5) is 0 Å². The van der Waals surface area contributed by atoms with Gasteiger partial charge in [-0.05, 0) is 24.6 Å². The molecular formula is C11H15Br2N. The van der Waals surface area contributed by atoms with Gasteiger partial charge in [0.15, 0.2) is 0 Å². The molecule has 0 aliphatic rings. The van der Waals surface area contributed by atoms with Gasteiger partial charge in [0.1, 0.15) is 0 Å². The Hall–Kier alpha value is 0.140. The van der Waals surface area contributed by atoms with Crippen molar-refractivity contribution in [2.24, 2.45) is 0 Å². The molecule has 0 aliphatic heterocycles. The van der Waals surface area contributed by atoms with E-state index in [9.17, 15) is 0 Å². The third-order valence-electron chi connectivity index (χ3n) is 2.01. The minimum Gasteiger partial charge on any atom is -0.308 e. The quantitative estimate of drug-likeness (QED) is 0.877. The van der Waals surface area contributed by atoms with Crippen molar-refractivity contribution in [1.82, 2.24) is 5.32 Å². The molecule has 0 heterocycles. The minimum absolute atomic E-state index is 0.373. The molecule has 0 bridgehead atoms. The van der Waals surface area contributed by atoms with E-state index >= 15 is 0 Å². The van der Waals surface area contributed by atoms with Crippen LogP contribution < -0.4 is 5.32 Å². The molecular weight excluding hydrogens is 306 g/mol. The van der Waals surface area contributed by atoms with Crippen molar-refractivity contribution >= 4 is 31.9 Å². The van der Waals surface area contributed by atoms with Crippen molar-refractivity contribution in [2.45, 2.75) is 32.9 Å². The maximum absolute atomic E-state index is 3.57. The monoisotopic (exact) mass is 319 g/mol. The molecule has 1 atom stereocenters. The number of rotatable bonds is 3. The van der Waals surface area contributed by atoms with Crippen molar-refractivity contribution < 1.29 is 0 Å². The second-order valence-corrected chi connectivity index (χ2v) is 5.48. The molecule has 1 rings (SSSR count). The zero-order chi connectivity index (χ0) is 10.7. The lowest BCUT2D eigenvalue weighted by Gasteiger charge is -2.18. The lowest BCUT2D eigenvalue weighted by molar-refractivity contribution is 0.505. The van der Waals surface area contributed by atoms with Crippen LogP contribution in [0.3, 0.4) is 0 Å². The second kappa shape index (κ2) is 5.29. The summed E-state index contributed by atoms with van der Waals surface area (Å²) < 4.78 is 2.25. The molecule has 0 radical (unpaired) electrons. The SMILES string of the molecule is CC(C)NC(C)c1ccc(Br)cc1Br. The number of hydrogen-bond acceptors (Lipinski definition) is 1. The van der Waals surface area contributed by atoms with E-state index in [0.29, 0.717) is 12.1 Å². The van der Waals surface area contributed by atoms with Gasteiger partial charge in [0.2, 0.25) is 0 Å². The predicted octanol–water partition coefficient (Wildman–Crippen LogP) is 4.27. The Morgan fingerprint density at radius 3 is 2.29 bits per heavy atom. The molecule has 14 heavy (non-hydrogen) atoms. The molecule has 0 aromatic heterocycles. The lowest BCUT2D eigenvalue weighted by Crippen LogP contribution is -2.26. The fourth-order valence-corrected chi connectivity index (χ4v) is 2.83. The zero-order valence-electron chi connectivity index (χ0n) is 8.64. The second-order valence-electron chi connectivity index (χ2n) is 3.71. The molecule has 0 amide bonds. The van der Waals surface area contributed by atoms with Gasteiger partial charge in [0.05, 0.1) is 0 Å². The van der Waals surface area contributed by atoms with Gasteiger partial charge in [-0.25, -0.2) is 0 Å². The topological polar surface area (TPSA) is 12.0 Å². The minimum atomic E-state index is 0.373. The Balaban J connectivity index is 2.84. The van der Waals surface area contributed by atoms with E-state index in [1.54, 1.807) is 0 Å². The van der Waals surface area contributed by atoms with Gasteiger partial charge >= 0.3 is 0 Å². The Bertz CT molecular complexity index is 310. The first kappa shape index (κ1) is 12.2. The summed E-state index contributed by atoms with van der Waals surface area (Å²) in [6.45, 7) is 6.49. The van der Waals surface area contributed by atoms with E-state index in [4.69, 9.17) is 0 Å². The molecule has 1 nitrogen and oxygen atoms in total. The van der Waals surface area contributed by atoms with E-state index in [1.807, 2.05) is 0 Å². The van der Waals surface area contributed by atoms with Crippen LogP contribution in [0.1, 0.15) is 32.4 Å². The van der Waals surface area contributed by atoms with Crippen molar-refractivity contribution in [3.05, 3.63) is 32.7 Å². The smallest absolute Gasteiger partial charge is 0.0305 e. The average molecular weight is 321 g/mol. The van der Waals surface area contributed by atoms with Gasteiger partial charge < -0.3 is 5.32 Å². The van der Waals surface area contributed by atoms with E-state index in [-0.39, 0.29) is 0 Å². The predicted molar refractivity (Wildman–Crippen MR) is 68.5 cm³/mol. The summed E-state index contributed by atoms with van der Waals surface area (Å²) in [6, 6.07) is 7.15. The Labute approximate surface area is 103 Å². The maximum atomic E-state index is 3.57. The van der Waals surface area contributed by atoms with Crippen LogP contribution in [0.2, 0.25) is 0 Å². The molecule has 1 N–H and O–H groups in total. The summed E-state index contributed by atoms with van der Waals surface area (Å²) in [5.41, 5.74) is 1.29. The largest absolute Gasteiger partial charge is 0.308 e. The number of halogens is 2. The maximum Gasteiger partial charge on any atom is 0.0305 e. The molecule has 1 aromatic carbocycles. The van der Waals surface area contributed by atoms with Crippen molar-refractivity contribution in [2.75, 3.05) is 0 Å². The molecule has 0 fully saturated rings.